The molecule has 2 aromatic carbocycles. The molecule has 10 nitrogen and oxygen atoms in total. The first-order chi connectivity index (χ1) is 16.1. The lowest BCUT2D eigenvalue weighted by Gasteiger charge is -2.17. The van der Waals surface area contributed by atoms with Gasteiger partial charge in [0.05, 0.1) is 11.4 Å². The molecular weight excluding hydrogens is 456 g/mol. The number of carbonyl (C=O) groups excluding carboxylic acids is 1. The molecule has 0 aliphatic rings. The van der Waals surface area contributed by atoms with Crippen LogP contribution in [0.15, 0.2) is 82.7 Å². The van der Waals surface area contributed by atoms with Crippen molar-refractivity contribution >= 4 is 33.3 Å². The van der Waals surface area contributed by atoms with E-state index in [9.17, 15) is 18.0 Å². The van der Waals surface area contributed by atoms with Gasteiger partial charge in [-0.25, -0.2) is 13.4 Å². The predicted octanol–water partition coefficient (Wildman–Crippen LogP) is 1.57. The molecule has 1 aromatic heterocycles. The minimum absolute atomic E-state index is 0.0510. The summed E-state index contributed by atoms with van der Waals surface area (Å²) in [6.07, 6.45) is 1.44. The number of anilines is 1. The number of amides is 1. The van der Waals surface area contributed by atoms with Crippen LogP contribution < -0.4 is 27.1 Å². The minimum atomic E-state index is -3.82. The Hall–Kier alpha value is -4.12. The number of hydrogen-bond donors (Lipinski definition) is 4. The summed E-state index contributed by atoms with van der Waals surface area (Å²) in [4.78, 5) is 29.5. The van der Waals surface area contributed by atoms with E-state index >= 15 is 0 Å². The van der Waals surface area contributed by atoms with Crippen molar-refractivity contribution in [1.82, 2.24) is 9.88 Å². The Bertz CT molecular complexity index is 1330. The molecule has 3 rings (SSSR count). The molecule has 6 N–H and O–H groups in total. The number of aromatic nitrogens is 1. The molecule has 0 aliphatic carbocycles. The minimum Gasteiger partial charge on any atom is -0.370 e. The molecule has 3 aromatic rings. The molecule has 11 heteroatoms. The predicted molar refractivity (Wildman–Crippen MR) is 132 cm³/mol. The van der Waals surface area contributed by atoms with Crippen LogP contribution in [-0.2, 0) is 27.1 Å². The number of hydrogen-bond acceptors (Lipinski definition) is 5. The molecule has 0 aliphatic heterocycles. The fraction of sp³-hybridized carbons (Fsp3) is 0.174. The van der Waals surface area contributed by atoms with Crippen molar-refractivity contribution < 1.29 is 13.2 Å². The number of rotatable bonds is 9. The van der Waals surface area contributed by atoms with Crippen molar-refractivity contribution in [1.29, 1.82) is 0 Å². The quantitative estimate of drug-likeness (QED) is 0.267. The number of nitrogens with zero attached hydrogens (tertiary/aromatic N) is 2. The zero-order chi connectivity index (χ0) is 24.7. The molecule has 0 spiro atoms. The Morgan fingerprint density at radius 1 is 1.00 bits per heavy atom. The van der Waals surface area contributed by atoms with Crippen molar-refractivity contribution in [2.75, 3.05) is 4.72 Å². The van der Waals surface area contributed by atoms with Crippen LogP contribution in [0.3, 0.4) is 0 Å². The highest BCUT2D eigenvalue weighted by Crippen LogP contribution is 2.14. The number of sulfonamides is 1. The largest absolute Gasteiger partial charge is 0.370 e. The maximum atomic E-state index is 12.9. The molecule has 1 atom stereocenters. The Balaban J connectivity index is 1.67. The van der Waals surface area contributed by atoms with Crippen molar-refractivity contribution in [2.45, 2.75) is 25.3 Å². The first-order valence-electron chi connectivity index (χ1n) is 10.4. The van der Waals surface area contributed by atoms with Crippen LogP contribution in [0, 0.1) is 0 Å². The number of guanidine groups is 1. The van der Waals surface area contributed by atoms with E-state index in [0.717, 1.165) is 5.56 Å². The first-order valence-corrected chi connectivity index (χ1v) is 12.0. The van der Waals surface area contributed by atoms with Gasteiger partial charge >= 0.3 is 0 Å². The second kappa shape index (κ2) is 10.7. The van der Waals surface area contributed by atoms with Gasteiger partial charge < -0.3 is 21.4 Å². The van der Waals surface area contributed by atoms with Crippen molar-refractivity contribution in [3.05, 3.63) is 94.4 Å². The average molecular weight is 483 g/mol. The lowest BCUT2D eigenvalue weighted by Crippen LogP contribution is -2.36. The van der Waals surface area contributed by atoms with Crippen LogP contribution >= 0.6 is 0 Å². The number of pyridine rings is 1. The lowest BCUT2D eigenvalue weighted by atomic mass is 10.2. The van der Waals surface area contributed by atoms with E-state index in [2.05, 4.69) is 15.0 Å². The molecular formula is C23H26N6O4S. The third kappa shape index (κ3) is 6.69. The lowest BCUT2D eigenvalue weighted by molar-refractivity contribution is -0.124. The van der Waals surface area contributed by atoms with Gasteiger partial charge in [0.1, 0.15) is 11.7 Å². The van der Waals surface area contributed by atoms with Gasteiger partial charge in [0, 0.05) is 12.7 Å². The standard InChI is InChI=1S/C23H26N6O4S/c1-16(21(30)26-14-17-9-11-19(12-10-17)27-23(24)25)29-13-5-8-20(22(29)31)28-34(32,33)15-18-6-3-2-4-7-18/h2-13,16,28H,14-15H2,1H3,(H,26,30)(H4,24,25,27). The third-order valence-corrected chi connectivity index (χ3v) is 6.14. The fourth-order valence-corrected chi connectivity index (χ4v) is 4.38. The van der Waals surface area contributed by atoms with Gasteiger partial charge in [-0.05, 0) is 42.3 Å². The van der Waals surface area contributed by atoms with E-state index in [0.29, 0.717) is 11.3 Å². The van der Waals surface area contributed by atoms with Gasteiger partial charge in [-0.3, -0.25) is 14.3 Å². The summed E-state index contributed by atoms with van der Waals surface area (Å²) in [5.41, 5.74) is 11.9. The van der Waals surface area contributed by atoms with Crippen LogP contribution in [0.1, 0.15) is 24.1 Å². The molecule has 0 saturated heterocycles. The molecule has 0 radical (unpaired) electrons. The highest BCUT2D eigenvalue weighted by atomic mass is 32.2. The summed E-state index contributed by atoms with van der Waals surface area (Å²) in [5, 5.41) is 2.76. The Labute approximate surface area is 197 Å². The van der Waals surface area contributed by atoms with Crippen molar-refractivity contribution in [3.63, 3.8) is 0 Å². The van der Waals surface area contributed by atoms with Gasteiger partial charge in [0.15, 0.2) is 5.96 Å². The zero-order valence-electron chi connectivity index (χ0n) is 18.5. The molecule has 1 unspecified atom stereocenters. The van der Waals surface area contributed by atoms with Gasteiger partial charge in [0.2, 0.25) is 15.9 Å². The maximum absolute atomic E-state index is 12.9. The highest BCUT2D eigenvalue weighted by molar-refractivity contribution is 7.91. The molecule has 1 heterocycles. The Kier molecular flexibility index (Phi) is 7.69. The van der Waals surface area contributed by atoms with E-state index in [1.54, 1.807) is 61.5 Å². The molecule has 0 bridgehead atoms. The van der Waals surface area contributed by atoms with Crippen LogP contribution in [0.2, 0.25) is 0 Å². The van der Waals surface area contributed by atoms with E-state index in [1.807, 2.05) is 0 Å². The second-order valence-corrected chi connectivity index (χ2v) is 9.30. The zero-order valence-corrected chi connectivity index (χ0v) is 19.3. The smallest absolute Gasteiger partial charge is 0.275 e. The SMILES string of the molecule is CC(C(=O)NCc1ccc(N=C(N)N)cc1)n1cccc(NS(=O)(=O)Cc2ccccc2)c1=O. The Morgan fingerprint density at radius 3 is 2.32 bits per heavy atom. The van der Waals surface area contributed by atoms with Gasteiger partial charge in [-0.2, -0.15) is 0 Å². The highest BCUT2D eigenvalue weighted by Gasteiger charge is 2.19. The van der Waals surface area contributed by atoms with Crippen LogP contribution in [0.5, 0.6) is 0 Å². The molecule has 0 fully saturated rings. The summed E-state index contributed by atoms with van der Waals surface area (Å²) in [6, 6.07) is 17.6. The van der Waals surface area contributed by atoms with E-state index in [4.69, 9.17) is 11.5 Å². The van der Waals surface area contributed by atoms with Gasteiger partial charge in [-0.15, -0.1) is 0 Å². The van der Waals surface area contributed by atoms with E-state index in [-0.39, 0.29) is 23.9 Å². The average Bonchev–Trinajstić information content (AvgIpc) is 2.79. The Morgan fingerprint density at radius 2 is 1.68 bits per heavy atom. The monoisotopic (exact) mass is 482 g/mol. The van der Waals surface area contributed by atoms with Crippen molar-refractivity contribution in [2.24, 2.45) is 16.5 Å². The van der Waals surface area contributed by atoms with Crippen LogP contribution in [-0.4, -0.2) is 24.9 Å². The second-order valence-electron chi connectivity index (χ2n) is 7.58. The first kappa shape index (κ1) is 24.5. The summed E-state index contributed by atoms with van der Waals surface area (Å²) in [7, 11) is -3.82. The summed E-state index contributed by atoms with van der Waals surface area (Å²) in [5.74, 6) is -0.732. The number of nitrogens with one attached hydrogen (secondary N) is 2. The number of aliphatic imine (C=N–C) groups is 1. The molecule has 178 valence electrons. The third-order valence-electron chi connectivity index (χ3n) is 4.90. The van der Waals surface area contributed by atoms with E-state index in [1.165, 1.54) is 22.9 Å². The normalized spacial score (nSPS) is 11.9. The topological polar surface area (TPSA) is 162 Å². The number of carbonyl (C=O) groups is 1. The fourth-order valence-electron chi connectivity index (χ4n) is 3.19. The van der Waals surface area contributed by atoms with E-state index < -0.39 is 27.5 Å². The van der Waals surface area contributed by atoms with Crippen molar-refractivity contribution in [3.8, 4) is 0 Å². The summed E-state index contributed by atoms with van der Waals surface area (Å²) in [6.45, 7) is 1.78. The molecule has 34 heavy (non-hydrogen) atoms. The van der Waals surface area contributed by atoms with Crippen LogP contribution in [0.25, 0.3) is 0 Å². The van der Waals surface area contributed by atoms with Crippen LogP contribution in [0.4, 0.5) is 11.4 Å². The summed E-state index contributed by atoms with van der Waals surface area (Å²) < 4.78 is 28.5. The summed E-state index contributed by atoms with van der Waals surface area (Å²) >= 11 is 0. The number of nitrogens with two attached hydrogens (primary N) is 2. The van der Waals surface area contributed by atoms with Gasteiger partial charge in [-0.1, -0.05) is 42.5 Å². The maximum Gasteiger partial charge on any atom is 0.275 e. The van der Waals surface area contributed by atoms with Gasteiger partial charge in [0.25, 0.3) is 5.56 Å². The number of benzene rings is 2. The molecule has 1 amide bonds. The molecule has 0 saturated carbocycles.